The van der Waals surface area contributed by atoms with Crippen molar-refractivity contribution in [2.75, 3.05) is 6.54 Å². The van der Waals surface area contributed by atoms with Gasteiger partial charge in [0.05, 0.1) is 0 Å². The number of carboxylic acid groups (broad SMARTS) is 1. The van der Waals surface area contributed by atoms with Crippen LogP contribution >= 0.6 is 11.3 Å². The van der Waals surface area contributed by atoms with Gasteiger partial charge in [0.1, 0.15) is 0 Å². The van der Waals surface area contributed by atoms with Crippen LogP contribution in [0.2, 0.25) is 0 Å². The summed E-state index contributed by atoms with van der Waals surface area (Å²) in [5, 5.41) is 12.9. The summed E-state index contributed by atoms with van der Waals surface area (Å²) >= 11 is 1.65. The predicted molar refractivity (Wildman–Crippen MR) is 78.9 cm³/mol. The summed E-state index contributed by atoms with van der Waals surface area (Å²) in [5.41, 5.74) is 1.21. The Hall–Kier alpha value is -1.36. The fourth-order valence-electron chi connectivity index (χ4n) is 2.75. The van der Waals surface area contributed by atoms with Crippen LogP contribution in [-0.4, -0.2) is 34.5 Å². The van der Waals surface area contributed by atoms with E-state index >= 15 is 0 Å². The van der Waals surface area contributed by atoms with Crippen molar-refractivity contribution >= 4 is 23.2 Å². The number of carbonyl (C=O) groups excluding carboxylic acids is 1. The van der Waals surface area contributed by atoms with E-state index in [9.17, 15) is 9.59 Å². The highest BCUT2D eigenvalue weighted by atomic mass is 32.1. The summed E-state index contributed by atoms with van der Waals surface area (Å²) in [6, 6.07) is 2.17. The smallest absolute Gasteiger partial charge is 0.303 e. The minimum Gasteiger partial charge on any atom is -0.481 e. The third-order valence-corrected chi connectivity index (χ3v) is 4.58. The van der Waals surface area contributed by atoms with Crippen molar-refractivity contribution in [1.29, 1.82) is 0 Å². The van der Waals surface area contributed by atoms with E-state index < -0.39 is 5.97 Å². The molecular formula is C15H21NO3S. The van der Waals surface area contributed by atoms with Gasteiger partial charge in [-0.1, -0.05) is 0 Å². The monoisotopic (exact) mass is 295 g/mol. The number of carboxylic acids is 1. The van der Waals surface area contributed by atoms with E-state index in [0.29, 0.717) is 12.8 Å². The highest BCUT2D eigenvalue weighted by Crippen LogP contribution is 2.22. The van der Waals surface area contributed by atoms with Crippen LogP contribution in [0.1, 0.15) is 44.1 Å². The normalized spacial score (nSPS) is 19.0. The third-order valence-electron chi connectivity index (χ3n) is 3.85. The average molecular weight is 295 g/mol. The van der Waals surface area contributed by atoms with Crippen LogP contribution in [0.15, 0.2) is 16.8 Å². The first-order valence-corrected chi connectivity index (χ1v) is 8.13. The molecule has 1 atom stereocenters. The largest absolute Gasteiger partial charge is 0.481 e. The number of carbonyl (C=O) groups is 2. The molecule has 0 spiro atoms. The number of aryl methyl sites for hydroxylation is 1. The molecule has 0 aromatic carbocycles. The first kappa shape index (κ1) is 15.0. The maximum absolute atomic E-state index is 12.3. The van der Waals surface area contributed by atoms with Crippen LogP contribution in [0.5, 0.6) is 0 Å². The van der Waals surface area contributed by atoms with Crippen LogP contribution in [0.25, 0.3) is 0 Å². The van der Waals surface area contributed by atoms with Crippen molar-refractivity contribution in [2.45, 2.75) is 51.0 Å². The van der Waals surface area contributed by atoms with Gasteiger partial charge in [0, 0.05) is 25.4 Å². The van der Waals surface area contributed by atoms with Crippen LogP contribution in [-0.2, 0) is 16.0 Å². The van der Waals surface area contributed by atoms with Gasteiger partial charge in [0.25, 0.3) is 0 Å². The summed E-state index contributed by atoms with van der Waals surface area (Å²) in [6.45, 7) is 0.784. The lowest BCUT2D eigenvalue weighted by atomic mass is 9.97. The molecule has 0 saturated carbocycles. The van der Waals surface area contributed by atoms with Crippen LogP contribution < -0.4 is 0 Å². The number of thiophene rings is 1. The summed E-state index contributed by atoms with van der Waals surface area (Å²) in [7, 11) is 0. The van der Waals surface area contributed by atoms with Crippen molar-refractivity contribution in [3.05, 3.63) is 22.4 Å². The molecule has 2 rings (SSSR count). The zero-order valence-corrected chi connectivity index (χ0v) is 12.4. The lowest BCUT2D eigenvalue weighted by molar-refractivity contribution is -0.140. The summed E-state index contributed by atoms with van der Waals surface area (Å²) < 4.78 is 0. The minimum atomic E-state index is -0.777. The molecule has 1 fully saturated rings. The molecule has 1 aromatic heterocycles. The summed E-state index contributed by atoms with van der Waals surface area (Å²) in [4.78, 5) is 24.9. The lowest BCUT2D eigenvalue weighted by Crippen LogP contribution is -2.44. The minimum absolute atomic E-state index is 0.120. The molecule has 1 aromatic rings. The number of aliphatic carboxylic acids is 1. The zero-order valence-electron chi connectivity index (χ0n) is 11.6. The number of piperidine rings is 1. The van der Waals surface area contributed by atoms with Gasteiger partial charge in [0.2, 0.25) is 5.91 Å². The molecule has 0 bridgehead atoms. The summed E-state index contributed by atoms with van der Waals surface area (Å²) in [5.74, 6) is -0.604. The standard InChI is InChI=1S/C15H21NO3S/c17-14(6-4-12-8-10-20-11-12)16-9-2-1-3-13(16)5-7-15(18)19/h8,10-11,13H,1-7,9H2,(H,18,19)/t13-/m1/s1. The molecule has 1 amide bonds. The van der Waals surface area contributed by atoms with E-state index in [1.165, 1.54) is 5.56 Å². The molecule has 1 N–H and O–H groups in total. The number of nitrogens with zero attached hydrogens (tertiary/aromatic N) is 1. The molecule has 20 heavy (non-hydrogen) atoms. The Bertz CT molecular complexity index is 444. The van der Waals surface area contributed by atoms with Crippen LogP contribution in [0.3, 0.4) is 0 Å². The molecule has 0 radical (unpaired) electrons. The second-order valence-corrected chi connectivity index (χ2v) is 6.08. The maximum atomic E-state index is 12.3. The van der Waals surface area contributed by atoms with Gasteiger partial charge in [-0.2, -0.15) is 11.3 Å². The van der Waals surface area contributed by atoms with Crippen molar-refractivity contribution in [1.82, 2.24) is 4.90 Å². The Morgan fingerprint density at radius 3 is 2.90 bits per heavy atom. The van der Waals surface area contributed by atoms with Gasteiger partial charge in [-0.15, -0.1) is 0 Å². The van der Waals surface area contributed by atoms with Crippen molar-refractivity contribution < 1.29 is 14.7 Å². The van der Waals surface area contributed by atoms with Crippen molar-refractivity contribution in [2.24, 2.45) is 0 Å². The van der Waals surface area contributed by atoms with E-state index in [2.05, 4.69) is 11.4 Å². The summed E-state index contributed by atoms with van der Waals surface area (Å²) in [6.07, 6.45) is 5.12. The maximum Gasteiger partial charge on any atom is 0.303 e. The second-order valence-electron chi connectivity index (χ2n) is 5.30. The first-order valence-electron chi connectivity index (χ1n) is 7.19. The van der Waals surface area contributed by atoms with E-state index in [1.54, 1.807) is 11.3 Å². The van der Waals surface area contributed by atoms with Crippen LogP contribution in [0, 0.1) is 0 Å². The molecule has 110 valence electrons. The van der Waals surface area contributed by atoms with E-state index in [1.807, 2.05) is 10.3 Å². The molecule has 0 unspecified atom stereocenters. The van der Waals surface area contributed by atoms with Crippen molar-refractivity contribution in [3.8, 4) is 0 Å². The van der Waals surface area contributed by atoms with Crippen LogP contribution in [0.4, 0.5) is 0 Å². The third kappa shape index (κ3) is 4.34. The van der Waals surface area contributed by atoms with Gasteiger partial charge in [-0.3, -0.25) is 9.59 Å². The van der Waals surface area contributed by atoms with Gasteiger partial charge in [-0.25, -0.2) is 0 Å². The van der Waals surface area contributed by atoms with Crippen molar-refractivity contribution in [3.63, 3.8) is 0 Å². The molecule has 5 heteroatoms. The quantitative estimate of drug-likeness (QED) is 0.878. The van der Waals surface area contributed by atoms with E-state index in [0.717, 1.165) is 32.2 Å². The second kappa shape index (κ2) is 7.43. The fourth-order valence-corrected chi connectivity index (χ4v) is 3.45. The molecule has 1 aliphatic heterocycles. The fraction of sp³-hybridized carbons (Fsp3) is 0.600. The Labute approximate surface area is 123 Å². The average Bonchev–Trinajstić information content (AvgIpc) is 2.96. The number of hydrogen-bond donors (Lipinski definition) is 1. The first-order chi connectivity index (χ1) is 9.66. The molecule has 2 heterocycles. The Morgan fingerprint density at radius 1 is 1.35 bits per heavy atom. The Kier molecular flexibility index (Phi) is 5.59. The molecule has 1 aliphatic rings. The van der Waals surface area contributed by atoms with E-state index in [4.69, 9.17) is 5.11 Å². The van der Waals surface area contributed by atoms with Gasteiger partial charge < -0.3 is 10.0 Å². The highest BCUT2D eigenvalue weighted by Gasteiger charge is 2.26. The molecule has 4 nitrogen and oxygen atoms in total. The SMILES string of the molecule is O=C(O)CC[C@H]1CCCCN1C(=O)CCc1ccsc1. The van der Waals surface area contributed by atoms with Gasteiger partial charge in [0.15, 0.2) is 0 Å². The number of amides is 1. The molecule has 1 saturated heterocycles. The lowest BCUT2D eigenvalue weighted by Gasteiger charge is -2.35. The Balaban J connectivity index is 1.86. The van der Waals surface area contributed by atoms with E-state index in [-0.39, 0.29) is 18.4 Å². The number of rotatable bonds is 6. The number of hydrogen-bond acceptors (Lipinski definition) is 3. The topological polar surface area (TPSA) is 57.6 Å². The van der Waals surface area contributed by atoms with Gasteiger partial charge in [-0.05, 0) is 54.5 Å². The predicted octanol–water partition coefficient (Wildman–Crippen LogP) is 2.93. The zero-order chi connectivity index (χ0) is 14.4. The highest BCUT2D eigenvalue weighted by molar-refractivity contribution is 7.07. The Morgan fingerprint density at radius 2 is 2.20 bits per heavy atom. The molecule has 0 aliphatic carbocycles. The molecular weight excluding hydrogens is 274 g/mol. The number of likely N-dealkylation sites (tertiary alicyclic amines) is 1. The van der Waals surface area contributed by atoms with Gasteiger partial charge >= 0.3 is 5.97 Å².